The molecule has 1 heterocycles. The molecule has 1 aliphatic heterocycles. The Kier molecular flexibility index (Phi) is 5.14. The fourth-order valence-corrected chi connectivity index (χ4v) is 7.97. The van der Waals surface area contributed by atoms with Gasteiger partial charge in [0.25, 0.3) is 0 Å². The third-order valence-electron chi connectivity index (χ3n) is 9.07. The standard InChI is InChI=1S/C30H28F3NO2/c1-34-16-24-25(19-11-13-22(14-12-19)30(31,32)33)28(23-10-6-9-21(15-23)27(35)36-2)17-29(24,18-28)26(34)20-7-4-3-5-8-20/h3-15,24-26H,16-18H2,1-2H3/t24-,25?,26-,28?,29?/m1/s1. The number of halogens is 3. The van der Waals surface area contributed by atoms with Crippen molar-refractivity contribution < 1.29 is 22.7 Å². The van der Waals surface area contributed by atoms with E-state index in [0.717, 1.165) is 30.5 Å². The summed E-state index contributed by atoms with van der Waals surface area (Å²) in [6.07, 6.45) is -2.49. The van der Waals surface area contributed by atoms with Gasteiger partial charge in [0.05, 0.1) is 18.2 Å². The molecule has 3 nitrogen and oxygen atoms in total. The number of carbonyl (C=O) groups is 1. The number of nitrogens with zero attached hydrogens (tertiary/aromatic N) is 1. The number of likely N-dealkylation sites (tertiary alicyclic amines) is 1. The summed E-state index contributed by atoms with van der Waals surface area (Å²) in [5.74, 6) is -0.0245. The Morgan fingerprint density at radius 2 is 1.64 bits per heavy atom. The fourth-order valence-electron chi connectivity index (χ4n) is 7.97. The first kappa shape index (κ1) is 23.3. The molecule has 1 spiro atoms. The Morgan fingerprint density at radius 1 is 0.944 bits per heavy atom. The van der Waals surface area contributed by atoms with E-state index >= 15 is 0 Å². The predicted molar refractivity (Wildman–Crippen MR) is 131 cm³/mol. The van der Waals surface area contributed by atoms with Crippen LogP contribution in [0.3, 0.4) is 0 Å². The summed E-state index contributed by atoms with van der Waals surface area (Å²) in [6.45, 7) is 0.879. The van der Waals surface area contributed by atoms with E-state index in [1.165, 1.54) is 24.8 Å². The second kappa shape index (κ2) is 7.94. The van der Waals surface area contributed by atoms with Crippen LogP contribution < -0.4 is 0 Å². The summed E-state index contributed by atoms with van der Waals surface area (Å²) in [4.78, 5) is 14.7. The lowest BCUT2D eigenvalue weighted by atomic mass is 9.52. The highest BCUT2D eigenvalue weighted by molar-refractivity contribution is 5.89. The predicted octanol–water partition coefficient (Wildman–Crippen LogP) is 6.61. The number of hydrogen-bond donors (Lipinski definition) is 0. The molecule has 0 radical (unpaired) electrons. The molecule has 2 bridgehead atoms. The van der Waals surface area contributed by atoms with Crippen LogP contribution in [0.4, 0.5) is 13.2 Å². The van der Waals surface area contributed by atoms with Gasteiger partial charge in [0.1, 0.15) is 0 Å². The van der Waals surface area contributed by atoms with Gasteiger partial charge in [0, 0.05) is 18.0 Å². The number of benzene rings is 3. The molecule has 1 unspecified atom stereocenters. The molecule has 36 heavy (non-hydrogen) atoms. The third kappa shape index (κ3) is 3.20. The molecule has 186 valence electrons. The van der Waals surface area contributed by atoms with Gasteiger partial charge in [-0.2, -0.15) is 13.2 Å². The zero-order valence-electron chi connectivity index (χ0n) is 20.3. The normalized spacial score (nSPS) is 31.1. The van der Waals surface area contributed by atoms with Crippen molar-refractivity contribution in [3.8, 4) is 0 Å². The second-order valence-electron chi connectivity index (χ2n) is 10.8. The van der Waals surface area contributed by atoms with E-state index in [0.29, 0.717) is 11.5 Å². The van der Waals surface area contributed by atoms with Crippen molar-refractivity contribution >= 4 is 5.97 Å². The molecule has 0 amide bonds. The largest absolute Gasteiger partial charge is 0.465 e. The van der Waals surface area contributed by atoms with E-state index in [4.69, 9.17) is 4.74 Å². The smallest absolute Gasteiger partial charge is 0.416 e. The number of hydrogen-bond acceptors (Lipinski definition) is 3. The average Bonchev–Trinajstić information content (AvgIpc) is 3.41. The van der Waals surface area contributed by atoms with Crippen molar-refractivity contribution in [1.82, 2.24) is 4.90 Å². The topological polar surface area (TPSA) is 29.5 Å². The quantitative estimate of drug-likeness (QED) is 0.385. The van der Waals surface area contributed by atoms with Crippen molar-refractivity contribution in [2.75, 3.05) is 20.7 Å². The molecule has 4 fully saturated rings. The first-order valence-electron chi connectivity index (χ1n) is 12.3. The van der Waals surface area contributed by atoms with Gasteiger partial charge in [0.2, 0.25) is 0 Å². The minimum Gasteiger partial charge on any atom is -0.465 e. The summed E-state index contributed by atoms with van der Waals surface area (Å²) < 4.78 is 45.0. The fraction of sp³-hybridized carbons (Fsp3) is 0.367. The minimum absolute atomic E-state index is 0.0325. The molecule has 6 heteroatoms. The highest BCUT2D eigenvalue weighted by Gasteiger charge is 2.76. The number of esters is 1. The molecule has 1 saturated heterocycles. The van der Waals surface area contributed by atoms with Crippen molar-refractivity contribution in [3.63, 3.8) is 0 Å². The van der Waals surface area contributed by atoms with Gasteiger partial charge < -0.3 is 4.74 Å². The first-order valence-corrected chi connectivity index (χ1v) is 12.3. The molecule has 3 aliphatic carbocycles. The molecule has 3 atom stereocenters. The van der Waals surface area contributed by atoms with E-state index in [2.05, 4.69) is 42.3 Å². The molecule has 0 N–H and O–H groups in total. The maximum atomic E-state index is 13.3. The van der Waals surface area contributed by atoms with Crippen molar-refractivity contribution in [2.45, 2.75) is 36.4 Å². The summed E-state index contributed by atoms with van der Waals surface area (Å²) in [5.41, 5.74) is 2.98. The van der Waals surface area contributed by atoms with Crippen LogP contribution in [0, 0.1) is 11.3 Å². The molecule has 4 aliphatic rings. The maximum Gasteiger partial charge on any atom is 0.416 e. The lowest BCUT2D eigenvalue weighted by Crippen LogP contribution is -2.47. The van der Waals surface area contributed by atoms with Gasteiger partial charge in [-0.25, -0.2) is 4.79 Å². The molecule has 0 aromatic heterocycles. The molecular formula is C30H28F3NO2. The van der Waals surface area contributed by atoms with Crippen molar-refractivity contribution in [1.29, 1.82) is 0 Å². The molecular weight excluding hydrogens is 463 g/mol. The van der Waals surface area contributed by atoms with E-state index in [-0.39, 0.29) is 28.8 Å². The van der Waals surface area contributed by atoms with Crippen molar-refractivity contribution in [3.05, 3.63) is 107 Å². The monoisotopic (exact) mass is 491 g/mol. The number of alkyl halides is 3. The van der Waals surface area contributed by atoms with Crippen LogP contribution in [-0.4, -0.2) is 31.6 Å². The number of rotatable bonds is 4. The van der Waals surface area contributed by atoms with Crippen LogP contribution in [0.5, 0.6) is 0 Å². The van der Waals surface area contributed by atoms with Gasteiger partial charge in [-0.05, 0) is 78.1 Å². The van der Waals surface area contributed by atoms with Gasteiger partial charge in [-0.1, -0.05) is 54.6 Å². The third-order valence-corrected chi connectivity index (χ3v) is 9.07. The Morgan fingerprint density at radius 3 is 2.28 bits per heavy atom. The summed E-state index contributed by atoms with van der Waals surface area (Å²) in [6, 6.07) is 24.2. The number of carbonyl (C=O) groups excluding carboxylic acids is 1. The van der Waals surface area contributed by atoms with Crippen LogP contribution in [0.25, 0.3) is 0 Å². The summed E-state index contributed by atoms with van der Waals surface area (Å²) in [5, 5.41) is 0. The lowest BCUT2D eigenvalue weighted by molar-refractivity contribution is -0.137. The second-order valence-corrected chi connectivity index (χ2v) is 10.8. The van der Waals surface area contributed by atoms with Crippen LogP contribution in [0.1, 0.15) is 57.4 Å². The molecule has 7 rings (SSSR count). The van der Waals surface area contributed by atoms with Crippen LogP contribution >= 0.6 is 0 Å². The van der Waals surface area contributed by atoms with Gasteiger partial charge in [0.15, 0.2) is 0 Å². The van der Waals surface area contributed by atoms with E-state index in [1.807, 2.05) is 18.2 Å². The van der Waals surface area contributed by atoms with Crippen LogP contribution in [0.15, 0.2) is 78.9 Å². The first-order chi connectivity index (χ1) is 17.2. The van der Waals surface area contributed by atoms with Gasteiger partial charge >= 0.3 is 12.1 Å². The van der Waals surface area contributed by atoms with E-state index < -0.39 is 11.7 Å². The van der Waals surface area contributed by atoms with E-state index in [9.17, 15) is 18.0 Å². The molecule has 3 saturated carbocycles. The summed E-state index contributed by atoms with van der Waals surface area (Å²) >= 11 is 0. The van der Waals surface area contributed by atoms with E-state index in [1.54, 1.807) is 18.2 Å². The summed E-state index contributed by atoms with van der Waals surface area (Å²) in [7, 11) is 3.53. The Balaban J connectivity index is 1.47. The Labute approximate surface area is 208 Å². The van der Waals surface area contributed by atoms with Crippen LogP contribution in [-0.2, 0) is 16.3 Å². The maximum absolute atomic E-state index is 13.3. The highest BCUT2D eigenvalue weighted by Crippen LogP contribution is 2.81. The Hall–Kier alpha value is -3.12. The molecule has 3 aromatic rings. The number of methoxy groups -OCH3 is 1. The Bertz CT molecular complexity index is 1300. The average molecular weight is 492 g/mol. The zero-order chi connectivity index (χ0) is 25.3. The van der Waals surface area contributed by atoms with Gasteiger partial charge in [-0.15, -0.1) is 0 Å². The van der Waals surface area contributed by atoms with Crippen molar-refractivity contribution in [2.24, 2.45) is 11.3 Å². The highest BCUT2D eigenvalue weighted by atomic mass is 19.4. The molecule has 3 aromatic carbocycles. The van der Waals surface area contributed by atoms with Gasteiger partial charge in [-0.3, -0.25) is 4.90 Å². The minimum atomic E-state index is -4.37. The lowest BCUT2D eigenvalue weighted by Gasteiger charge is -2.53. The van der Waals surface area contributed by atoms with Crippen LogP contribution in [0.2, 0.25) is 0 Å². The number of ether oxygens (including phenoxy) is 1. The zero-order valence-corrected chi connectivity index (χ0v) is 20.3. The SMILES string of the molecule is COC(=O)c1cccc(C23CC4(C2)[C@H](CN(C)[C@@H]4c2ccccc2)C3c2ccc(C(F)(F)F)cc2)c1.